The molecule has 1 fully saturated rings. The van der Waals surface area contributed by atoms with Gasteiger partial charge in [0.25, 0.3) is 5.91 Å². The smallest absolute Gasteiger partial charge is 0.254 e. The Hall–Kier alpha value is -1.29. The highest BCUT2D eigenvalue weighted by molar-refractivity contribution is 5.93. The minimum atomic E-state index is -0.0344. The normalized spacial score (nSPS) is 23.9. The quantitative estimate of drug-likeness (QED) is 0.859. The number of amides is 1. The molecule has 3 N–H and O–H groups in total. The van der Waals surface area contributed by atoms with Crippen molar-refractivity contribution in [2.45, 2.75) is 32.6 Å². The lowest BCUT2D eigenvalue weighted by Gasteiger charge is -2.27. The van der Waals surface area contributed by atoms with E-state index in [2.05, 4.69) is 5.32 Å². The number of hydrogen-bond donors (Lipinski definition) is 2. The van der Waals surface area contributed by atoms with Gasteiger partial charge in [0.1, 0.15) is 12.0 Å². The third-order valence-electron chi connectivity index (χ3n) is 3.84. The first-order valence-electron chi connectivity index (χ1n) is 6.72. The fourth-order valence-corrected chi connectivity index (χ4v) is 2.57. The molecule has 4 heteroatoms. The summed E-state index contributed by atoms with van der Waals surface area (Å²) in [5.74, 6) is 2.02. The van der Waals surface area contributed by atoms with Gasteiger partial charge < -0.3 is 15.5 Å². The van der Waals surface area contributed by atoms with Crippen LogP contribution in [0.3, 0.4) is 0 Å². The van der Waals surface area contributed by atoms with Crippen LogP contribution in [0.4, 0.5) is 0 Å². The molecular weight excluding hydrogens is 228 g/mol. The van der Waals surface area contributed by atoms with E-state index < -0.39 is 0 Å². The van der Waals surface area contributed by atoms with Crippen LogP contribution in [0.2, 0.25) is 0 Å². The Morgan fingerprint density at radius 2 is 2.06 bits per heavy atom. The predicted molar refractivity (Wildman–Crippen MR) is 70.3 cm³/mol. The van der Waals surface area contributed by atoms with Gasteiger partial charge in [-0.05, 0) is 57.1 Å². The molecule has 0 spiro atoms. The van der Waals surface area contributed by atoms with Crippen LogP contribution < -0.4 is 11.1 Å². The standard InChI is InChI=1S/C14H22N2O2/c1-10-6-13(9-18-10)14(17)16-8-12-4-2-11(7-15)3-5-12/h6,9,11-12H,2-5,7-8,15H2,1H3,(H,16,17). The minimum absolute atomic E-state index is 0.0344. The van der Waals surface area contributed by atoms with Crippen molar-refractivity contribution in [2.24, 2.45) is 17.6 Å². The van der Waals surface area contributed by atoms with Gasteiger partial charge in [0, 0.05) is 6.54 Å². The zero-order chi connectivity index (χ0) is 13.0. The molecule has 0 saturated heterocycles. The van der Waals surface area contributed by atoms with Crippen LogP contribution in [-0.4, -0.2) is 19.0 Å². The van der Waals surface area contributed by atoms with E-state index in [0.29, 0.717) is 17.4 Å². The van der Waals surface area contributed by atoms with Crippen molar-refractivity contribution in [2.75, 3.05) is 13.1 Å². The predicted octanol–water partition coefficient (Wildman–Crippen LogP) is 2.08. The van der Waals surface area contributed by atoms with E-state index in [9.17, 15) is 4.79 Å². The van der Waals surface area contributed by atoms with Crippen molar-refractivity contribution in [3.8, 4) is 0 Å². The molecule has 1 aliphatic rings. The summed E-state index contributed by atoms with van der Waals surface area (Å²) in [6.45, 7) is 3.40. The largest absolute Gasteiger partial charge is 0.469 e. The van der Waals surface area contributed by atoms with Gasteiger partial charge in [0.2, 0.25) is 0 Å². The Morgan fingerprint density at radius 1 is 1.39 bits per heavy atom. The summed E-state index contributed by atoms with van der Waals surface area (Å²) >= 11 is 0. The average molecular weight is 250 g/mol. The molecule has 100 valence electrons. The maximum atomic E-state index is 11.8. The molecule has 0 unspecified atom stereocenters. The van der Waals surface area contributed by atoms with Crippen LogP contribution in [0.15, 0.2) is 16.7 Å². The molecule has 0 radical (unpaired) electrons. The van der Waals surface area contributed by atoms with Gasteiger partial charge in [-0.25, -0.2) is 0 Å². The lowest BCUT2D eigenvalue weighted by molar-refractivity contribution is 0.0941. The average Bonchev–Trinajstić information content (AvgIpc) is 2.83. The topological polar surface area (TPSA) is 68.3 Å². The molecule has 1 amide bonds. The van der Waals surface area contributed by atoms with Gasteiger partial charge in [0.05, 0.1) is 5.56 Å². The third kappa shape index (κ3) is 3.35. The number of carbonyl (C=O) groups excluding carboxylic acids is 1. The number of carbonyl (C=O) groups is 1. The summed E-state index contributed by atoms with van der Waals surface area (Å²) in [4.78, 5) is 11.8. The number of hydrogen-bond acceptors (Lipinski definition) is 3. The first-order chi connectivity index (χ1) is 8.69. The molecule has 0 aromatic carbocycles. The third-order valence-corrected chi connectivity index (χ3v) is 3.84. The van der Waals surface area contributed by atoms with E-state index in [1.54, 1.807) is 6.07 Å². The van der Waals surface area contributed by atoms with E-state index in [1.165, 1.54) is 31.9 Å². The zero-order valence-electron chi connectivity index (χ0n) is 10.9. The highest BCUT2D eigenvalue weighted by Gasteiger charge is 2.20. The SMILES string of the molecule is Cc1cc(C(=O)NCC2CCC(CN)CC2)co1. The molecule has 1 aromatic rings. The van der Waals surface area contributed by atoms with E-state index in [1.807, 2.05) is 6.92 Å². The molecule has 1 heterocycles. The fraction of sp³-hybridized carbons (Fsp3) is 0.643. The molecule has 1 aliphatic carbocycles. The highest BCUT2D eigenvalue weighted by Crippen LogP contribution is 2.27. The molecule has 0 bridgehead atoms. The van der Waals surface area contributed by atoms with Crippen LogP contribution in [-0.2, 0) is 0 Å². The Labute approximate surface area is 108 Å². The fourth-order valence-electron chi connectivity index (χ4n) is 2.57. The highest BCUT2D eigenvalue weighted by atomic mass is 16.3. The van der Waals surface area contributed by atoms with Crippen LogP contribution >= 0.6 is 0 Å². The molecular formula is C14H22N2O2. The maximum Gasteiger partial charge on any atom is 0.254 e. The van der Waals surface area contributed by atoms with E-state index in [4.69, 9.17) is 10.2 Å². The van der Waals surface area contributed by atoms with Gasteiger partial charge in [0.15, 0.2) is 0 Å². The van der Waals surface area contributed by atoms with Crippen molar-refractivity contribution in [3.05, 3.63) is 23.7 Å². The second kappa shape index (κ2) is 6.05. The Kier molecular flexibility index (Phi) is 4.42. The number of furan rings is 1. The van der Waals surface area contributed by atoms with Gasteiger partial charge in [-0.1, -0.05) is 0 Å². The second-order valence-corrected chi connectivity index (χ2v) is 5.28. The number of rotatable bonds is 4. The van der Waals surface area contributed by atoms with Gasteiger partial charge in [-0.3, -0.25) is 4.79 Å². The molecule has 2 rings (SSSR count). The molecule has 4 nitrogen and oxygen atoms in total. The van der Waals surface area contributed by atoms with Gasteiger partial charge >= 0.3 is 0 Å². The van der Waals surface area contributed by atoms with Crippen LogP contribution in [0.5, 0.6) is 0 Å². The monoisotopic (exact) mass is 250 g/mol. The molecule has 0 atom stereocenters. The summed E-state index contributed by atoms with van der Waals surface area (Å²) in [6.07, 6.45) is 6.25. The first kappa shape index (κ1) is 13.1. The first-order valence-corrected chi connectivity index (χ1v) is 6.72. The summed E-state index contributed by atoms with van der Waals surface area (Å²) in [7, 11) is 0. The molecule has 1 saturated carbocycles. The van der Waals surface area contributed by atoms with E-state index in [-0.39, 0.29) is 5.91 Å². The van der Waals surface area contributed by atoms with Crippen molar-refractivity contribution in [1.82, 2.24) is 5.32 Å². The van der Waals surface area contributed by atoms with Crippen LogP contribution in [0, 0.1) is 18.8 Å². The zero-order valence-corrected chi connectivity index (χ0v) is 10.9. The summed E-state index contributed by atoms with van der Waals surface area (Å²) in [6, 6.07) is 1.76. The Balaban J connectivity index is 1.74. The van der Waals surface area contributed by atoms with Crippen molar-refractivity contribution < 1.29 is 9.21 Å². The number of nitrogens with two attached hydrogens (primary N) is 1. The van der Waals surface area contributed by atoms with Crippen molar-refractivity contribution >= 4 is 5.91 Å². The number of nitrogens with one attached hydrogen (secondary N) is 1. The Bertz CT molecular complexity index is 392. The van der Waals surface area contributed by atoms with E-state index in [0.717, 1.165) is 18.8 Å². The van der Waals surface area contributed by atoms with E-state index >= 15 is 0 Å². The van der Waals surface area contributed by atoms with Crippen LogP contribution in [0.1, 0.15) is 41.8 Å². The summed E-state index contributed by atoms with van der Waals surface area (Å²) in [5.41, 5.74) is 6.28. The molecule has 0 aliphatic heterocycles. The lowest BCUT2D eigenvalue weighted by Crippen LogP contribution is -2.32. The maximum absolute atomic E-state index is 11.8. The number of aryl methyl sites for hydroxylation is 1. The van der Waals surface area contributed by atoms with Crippen molar-refractivity contribution in [3.63, 3.8) is 0 Å². The second-order valence-electron chi connectivity index (χ2n) is 5.28. The lowest BCUT2D eigenvalue weighted by atomic mass is 9.82. The summed E-state index contributed by atoms with van der Waals surface area (Å²) < 4.78 is 5.13. The van der Waals surface area contributed by atoms with Gasteiger partial charge in [-0.15, -0.1) is 0 Å². The Morgan fingerprint density at radius 3 is 2.61 bits per heavy atom. The van der Waals surface area contributed by atoms with Crippen molar-refractivity contribution in [1.29, 1.82) is 0 Å². The molecule has 1 aromatic heterocycles. The summed E-state index contributed by atoms with van der Waals surface area (Å²) in [5, 5.41) is 2.98. The van der Waals surface area contributed by atoms with Gasteiger partial charge in [-0.2, -0.15) is 0 Å². The van der Waals surface area contributed by atoms with Crippen LogP contribution in [0.25, 0.3) is 0 Å². The molecule has 18 heavy (non-hydrogen) atoms. The minimum Gasteiger partial charge on any atom is -0.469 e.